The lowest BCUT2D eigenvalue weighted by atomic mass is 10.0. The second-order valence-electron chi connectivity index (χ2n) is 9.89. The summed E-state index contributed by atoms with van der Waals surface area (Å²) in [5.41, 5.74) is 0. The largest absolute Gasteiger partial charge is 0.481 e. The Bertz CT molecular complexity index is 422. The fraction of sp³-hybridized carbons (Fsp3) is 0.931. The summed E-state index contributed by atoms with van der Waals surface area (Å²) in [7, 11) is 0. The minimum Gasteiger partial charge on any atom is -0.481 e. The number of unbranched alkanes of at least 4 members (excludes halogenated alkanes) is 21. The average molecular weight is 469 g/mol. The molecule has 0 spiro atoms. The van der Waals surface area contributed by atoms with Gasteiger partial charge >= 0.3 is 11.9 Å². The summed E-state index contributed by atoms with van der Waals surface area (Å²) < 4.78 is 5.37. The zero-order chi connectivity index (χ0) is 24.2. The maximum absolute atomic E-state index is 11.8. The van der Waals surface area contributed by atoms with Gasteiger partial charge in [0, 0.05) is 12.8 Å². The molecule has 33 heavy (non-hydrogen) atoms. The third kappa shape index (κ3) is 28.9. The van der Waals surface area contributed by atoms with Crippen molar-refractivity contribution in [2.75, 3.05) is 6.61 Å². The summed E-state index contributed by atoms with van der Waals surface area (Å²) in [6.45, 7) is 2.86. The molecule has 0 bridgehead atoms. The highest BCUT2D eigenvalue weighted by atomic mass is 16.5. The number of ether oxygens (including phenoxy) is 1. The highest BCUT2D eigenvalue weighted by Gasteiger charge is 2.03. The Morgan fingerprint density at radius 3 is 1.21 bits per heavy atom. The van der Waals surface area contributed by atoms with Crippen LogP contribution >= 0.6 is 0 Å². The fourth-order valence-corrected chi connectivity index (χ4v) is 4.34. The van der Waals surface area contributed by atoms with E-state index in [-0.39, 0.29) is 5.97 Å². The lowest BCUT2D eigenvalue weighted by Gasteiger charge is -2.06. The number of carbonyl (C=O) groups excluding carboxylic acids is 1. The van der Waals surface area contributed by atoms with Gasteiger partial charge in [0.2, 0.25) is 0 Å². The molecule has 0 aromatic rings. The van der Waals surface area contributed by atoms with Crippen LogP contribution in [0.1, 0.15) is 167 Å². The summed E-state index contributed by atoms with van der Waals surface area (Å²) in [4.78, 5) is 22.2. The first kappa shape index (κ1) is 31.9. The monoisotopic (exact) mass is 468 g/mol. The number of carbonyl (C=O) groups is 2. The molecule has 0 saturated carbocycles. The van der Waals surface area contributed by atoms with E-state index in [0.717, 1.165) is 44.9 Å². The first-order valence-corrected chi connectivity index (χ1v) is 14.5. The zero-order valence-corrected chi connectivity index (χ0v) is 22.1. The minimum absolute atomic E-state index is 0.0130. The molecule has 0 aliphatic carbocycles. The van der Waals surface area contributed by atoms with Gasteiger partial charge in [-0.1, -0.05) is 135 Å². The first-order chi connectivity index (χ1) is 16.2. The van der Waals surface area contributed by atoms with Crippen molar-refractivity contribution in [1.29, 1.82) is 0 Å². The van der Waals surface area contributed by atoms with E-state index in [4.69, 9.17) is 9.84 Å². The van der Waals surface area contributed by atoms with Crippen LogP contribution in [0, 0.1) is 0 Å². The highest BCUT2D eigenvalue weighted by Crippen LogP contribution is 2.14. The molecule has 0 saturated heterocycles. The smallest absolute Gasteiger partial charge is 0.305 e. The summed E-state index contributed by atoms with van der Waals surface area (Å²) in [5.74, 6) is -0.693. The Balaban J connectivity index is 3.16. The van der Waals surface area contributed by atoms with Gasteiger partial charge in [-0.25, -0.2) is 0 Å². The molecule has 0 aromatic heterocycles. The Hall–Kier alpha value is -1.06. The fourth-order valence-electron chi connectivity index (χ4n) is 4.34. The van der Waals surface area contributed by atoms with Gasteiger partial charge in [0.25, 0.3) is 0 Å². The van der Waals surface area contributed by atoms with E-state index >= 15 is 0 Å². The summed E-state index contributed by atoms with van der Waals surface area (Å²) in [5, 5.41) is 8.59. The maximum Gasteiger partial charge on any atom is 0.305 e. The molecule has 0 aliphatic heterocycles. The lowest BCUT2D eigenvalue weighted by Crippen LogP contribution is -2.05. The molecule has 0 aromatic carbocycles. The van der Waals surface area contributed by atoms with Crippen LogP contribution in [0.5, 0.6) is 0 Å². The lowest BCUT2D eigenvalue weighted by molar-refractivity contribution is -0.144. The molecule has 1 N–H and O–H groups in total. The minimum atomic E-state index is -0.680. The molecule has 4 nitrogen and oxygen atoms in total. The first-order valence-electron chi connectivity index (χ1n) is 14.5. The van der Waals surface area contributed by atoms with Gasteiger partial charge in [0.1, 0.15) is 0 Å². The van der Waals surface area contributed by atoms with Gasteiger partial charge in [-0.3, -0.25) is 9.59 Å². The van der Waals surface area contributed by atoms with E-state index in [0.29, 0.717) is 19.4 Å². The van der Waals surface area contributed by atoms with Crippen LogP contribution in [-0.2, 0) is 14.3 Å². The standard InChI is InChI=1S/C29H56O4/c1-2-3-4-5-6-7-8-9-10-14-17-20-23-26-29(32)33-27-24-21-18-15-12-11-13-16-19-22-25-28(30)31/h2-27H2,1H3,(H,30,31). The predicted molar refractivity (Wildman–Crippen MR) is 140 cm³/mol. The Morgan fingerprint density at radius 2 is 0.818 bits per heavy atom. The summed E-state index contributed by atoms with van der Waals surface area (Å²) >= 11 is 0. The van der Waals surface area contributed by atoms with Crippen molar-refractivity contribution in [2.45, 2.75) is 167 Å². The van der Waals surface area contributed by atoms with E-state index in [9.17, 15) is 9.59 Å². The Kier molecular flexibility index (Phi) is 26.3. The van der Waals surface area contributed by atoms with Crippen LogP contribution in [0.25, 0.3) is 0 Å². The van der Waals surface area contributed by atoms with E-state index < -0.39 is 5.97 Å². The van der Waals surface area contributed by atoms with Gasteiger partial charge < -0.3 is 9.84 Å². The van der Waals surface area contributed by atoms with Crippen LogP contribution in [0.3, 0.4) is 0 Å². The summed E-state index contributed by atoms with van der Waals surface area (Å²) in [6.07, 6.45) is 29.5. The average Bonchev–Trinajstić information content (AvgIpc) is 2.79. The molecular weight excluding hydrogens is 412 g/mol. The molecule has 4 heteroatoms. The van der Waals surface area contributed by atoms with Crippen molar-refractivity contribution in [3.8, 4) is 0 Å². The van der Waals surface area contributed by atoms with Crippen molar-refractivity contribution in [3.63, 3.8) is 0 Å². The number of hydrogen-bond donors (Lipinski definition) is 1. The number of rotatable bonds is 27. The molecule has 0 heterocycles. The van der Waals surface area contributed by atoms with Crippen LogP contribution in [-0.4, -0.2) is 23.7 Å². The van der Waals surface area contributed by atoms with Gasteiger partial charge in [0.05, 0.1) is 6.61 Å². The van der Waals surface area contributed by atoms with Gasteiger partial charge in [-0.15, -0.1) is 0 Å². The Labute approximate surface area is 205 Å². The Morgan fingerprint density at radius 1 is 0.485 bits per heavy atom. The normalized spacial score (nSPS) is 11.1. The second-order valence-corrected chi connectivity index (χ2v) is 9.89. The molecule has 0 amide bonds. The van der Waals surface area contributed by atoms with Crippen molar-refractivity contribution in [1.82, 2.24) is 0 Å². The van der Waals surface area contributed by atoms with Crippen molar-refractivity contribution >= 4 is 11.9 Å². The molecule has 0 unspecified atom stereocenters. The summed E-state index contributed by atoms with van der Waals surface area (Å²) in [6, 6.07) is 0. The topological polar surface area (TPSA) is 63.6 Å². The highest BCUT2D eigenvalue weighted by molar-refractivity contribution is 5.69. The molecular formula is C29H56O4. The van der Waals surface area contributed by atoms with Crippen LogP contribution in [0.15, 0.2) is 0 Å². The maximum atomic E-state index is 11.8. The molecule has 0 rings (SSSR count). The molecule has 0 radical (unpaired) electrons. The molecule has 0 fully saturated rings. The van der Waals surface area contributed by atoms with Gasteiger partial charge in [-0.05, 0) is 19.3 Å². The van der Waals surface area contributed by atoms with Crippen LogP contribution in [0.4, 0.5) is 0 Å². The third-order valence-corrected chi connectivity index (χ3v) is 6.53. The van der Waals surface area contributed by atoms with Crippen molar-refractivity contribution in [2.24, 2.45) is 0 Å². The number of aliphatic carboxylic acids is 1. The van der Waals surface area contributed by atoms with Crippen LogP contribution < -0.4 is 0 Å². The zero-order valence-electron chi connectivity index (χ0n) is 22.1. The van der Waals surface area contributed by atoms with Crippen molar-refractivity contribution < 1.29 is 19.4 Å². The van der Waals surface area contributed by atoms with Crippen LogP contribution in [0.2, 0.25) is 0 Å². The van der Waals surface area contributed by atoms with E-state index in [1.54, 1.807) is 0 Å². The van der Waals surface area contributed by atoms with Gasteiger partial charge in [-0.2, -0.15) is 0 Å². The quantitative estimate of drug-likeness (QED) is 0.0963. The number of hydrogen-bond acceptors (Lipinski definition) is 3. The van der Waals surface area contributed by atoms with Gasteiger partial charge in [0.15, 0.2) is 0 Å². The molecule has 0 atom stereocenters. The predicted octanol–water partition coefficient (Wildman–Crippen LogP) is 9.39. The second kappa shape index (κ2) is 27.2. The third-order valence-electron chi connectivity index (χ3n) is 6.53. The number of esters is 1. The molecule has 0 aliphatic rings. The SMILES string of the molecule is CCCCCCCCCCCCCCCC(=O)OCCCCCCCCCCCCC(=O)O. The van der Waals surface area contributed by atoms with E-state index in [1.165, 1.54) is 103 Å². The number of carboxylic acids is 1. The molecule has 196 valence electrons. The van der Waals surface area contributed by atoms with E-state index in [2.05, 4.69) is 6.92 Å². The van der Waals surface area contributed by atoms with Crippen molar-refractivity contribution in [3.05, 3.63) is 0 Å². The van der Waals surface area contributed by atoms with E-state index in [1.807, 2.05) is 0 Å². The number of carboxylic acid groups (broad SMARTS) is 1.